The molecule has 0 atom stereocenters. The summed E-state index contributed by atoms with van der Waals surface area (Å²) in [6.07, 6.45) is 1.53. The standard InChI is InChI=1S/C14H15BrN2O3S/c1-9-6-12(15)7-16-14(9)17-21(19,20)13-5-3-4-11(8-18)10(13)2/h3-7,18H,8H2,1-2H3,(H,16,17). The summed E-state index contributed by atoms with van der Waals surface area (Å²) in [7, 11) is -3.75. The second-order valence-electron chi connectivity index (χ2n) is 4.62. The molecule has 2 rings (SSSR count). The summed E-state index contributed by atoms with van der Waals surface area (Å²) < 4.78 is 28.2. The van der Waals surface area contributed by atoms with Crippen LogP contribution in [0.25, 0.3) is 0 Å². The average molecular weight is 371 g/mol. The molecule has 0 aliphatic rings. The molecule has 0 aliphatic heterocycles. The summed E-state index contributed by atoms with van der Waals surface area (Å²) in [5.74, 6) is 0.284. The van der Waals surface area contributed by atoms with Gasteiger partial charge in [-0.1, -0.05) is 12.1 Å². The molecule has 0 saturated carbocycles. The summed E-state index contributed by atoms with van der Waals surface area (Å²) in [6, 6.07) is 6.58. The van der Waals surface area contributed by atoms with Crippen molar-refractivity contribution in [3.05, 3.63) is 51.6 Å². The molecule has 112 valence electrons. The van der Waals surface area contributed by atoms with Crippen LogP contribution in [0.3, 0.4) is 0 Å². The van der Waals surface area contributed by atoms with Gasteiger partial charge in [0.15, 0.2) is 0 Å². The van der Waals surface area contributed by atoms with E-state index in [4.69, 9.17) is 0 Å². The van der Waals surface area contributed by atoms with Crippen LogP contribution in [0.2, 0.25) is 0 Å². The molecule has 0 fully saturated rings. The fourth-order valence-corrected chi connectivity index (χ4v) is 3.77. The number of aliphatic hydroxyl groups is 1. The highest BCUT2D eigenvalue weighted by atomic mass is 79.9. The minimum atomic E-state index is -3.75. The van der Waals surface area contributed by atoms with E-state index in [0.29, 0.717) is 16.7 Å². The number of anilines is 1. The molecule has 0 amide bonds. The molecule has 1 aromatic heterocycles. The van der Waals surface area contributed by atoms with Crippen molar-refractivity contribution >= 4 is 31.8 Å². The molecule has 0 saturated heterocycles. The zero-order chi connectivity index (χ0) is 15.6. The predicted molar refractivity (Wildman–Crippen MR) is 84.6 cm³/mol. The van der Waals surface area contributed by atoms with Crippen molar-refractivity contribution in [1.82, 2.24) is 4.98 Å². The Hall–Kier alpha value is -1.44. The molecule has 0 unspecified atom stereocenters. The van der Waals surface area contributed by atoms with E-state index < -0.39 is 10.0 Å². The summed E-state index contributed by atoms with van der Waals surface area (Å²) in [6.45, 7) is 3.24. The van der Waals surface area contributed by atoms with Gasteiger partial charge in [-0.15, -0.1) is 0 Å². The van der Waals surface area contributed by atoms with Crippen LogP contribution in [0.5, 0.6) is 0 Å². The van der Waals surface area contributed by atoms with E-state index in [1.807, 2.05) is 0 Å². The molecule has 0 aliphatic carbocycles. The Labute approximate surface area is 132 Å². The third-order valence-corrected chi connectivity index (χ3v) is 5.05. The van der Waals surface area contributed by atoms with Gasteiger partial charge in [-0.2, -0.15) is 0 Å². The maximum absolute atomic E-state index is 12.5. The maximum Gasteiger partial charge on any atom is 0.263 e. The van der Waals surface area contributed by atoms with Gasteiger partial charge < -0.3 is 5.11 Å². The first kappa shape index (κ1) is 15.9. The number of pyridine rings is 1. The number of halogens is 1. The lowest BCUT2D eigenvalue weighted by atomic mass is 10.1. The van der Waals surface area contributed by atoms with Crippen LogP contribution in [0.15, 0.2) is 39.8 Å². The highest BCUT2D eigenvalue weighted by molar-refractivity contribution is 9.10. The molecule has 21 heavy (non-hydrogen) atoms. The lowest BCUT2D eigenvalue weighted by Crippen LogP contribution is -2.16. The monoisotopic (exact) mass is 370 g/mol. The van der Waals surface area contributed by atoms with E-state index in [1.165, 1.54) is 12.3 Å². The largest absolute Gasteiger partial charge is 0.392 e. The summed E-state index contributed by atoms with van der Waals surface area (Å²) in [4.78, 5) is 4.21. The Morgan fingerprint density at radius 1 is 1.33 bits per heavy atom. The number of hydrogen-bond acceptors (Lipinski definition) is 4. The number of rotatable bonds is 4. The second-order valence-corrected chi connectivity index (χ2v) is 7.19. The van der Waals surface area contributed by atoms with E-state index in [2.05, 4.69) is 25.6 Å². The summed E-state index contributed by atoms with van der Waals surface area (Å²) in [5.41, 5.74) is 1.82. The molecule has 1 aromatic carbocycles. The highest BCUT2D eigenvalue weighted by Crippen LogP contribution is 2.23. The minimum absolute atomic E-state index is 0.137. The SMILES string of the molecule is Cc1cc(Br)cnc1NS(=O)(=O)c1cccc(CO)c1C. The van der Waals surface area contributed by atoms with Gasteiger partial charge in [0.05, 0.1) is 11.5 Å². The molecule has 0 spiro atoms. The maximum atomic E-state index is 12.5. The van der Waals surface area contributed by atoms with Crippen molar-refractivity contribution in [3.8, 4) is 0 Å². The minimum Gasteiger partial charge on any atom is -0.392 e. The highest BCUT2D eigenvalue weighted by Gasteiger charge is 2.19. The topological polar surface area (TPSA) is 79.3 Å². The van der Waals surface area contributed by atoms with Crippen LogP contribution >= 0.6 is 15.9 Å². The van der Waals surface area contributed by atoms with Gasteiger partial charge in [-0.05, 0) is 58.6 Å². The Balaban J connectivity index is 2.43. The molecule has 5 nitrogen and oxygen atoms in total. The van der Waals surface area contributed by atoms with Gasteiger partial charge in [0.1, 0.15) is 5.82 Å². The van der Waals surface area contributed by atoms with Gasteiger partial charge in [0.25, 0.3) is 10.0 Å². The lowest BCUT2D eigenvalue weighted by molar-refractivity contribution is 0.280. The van der Waals surface area contributed by atoms with Crippen LogP contribution in [0, 0.1) is 13.8 Å². The average Bonchev–Trinajstić information content (AvgIpc) is 2.42. The number of aryl methyl sites for hydroxylation is 1. The zero-order valence-corrected chi connectivity index (χ0v) is 14.0. The molecular weight excluding hydrogens is 356 g/mol. The Morgan fingerprint density at radius 2 is 2.05 bits per heavy atom. The Morgan fingerprint density at radius 3 is 2.67 bits per heavy atom. The molecule has 2 aromatic rings. The van der Waals surface area contributed by atoms with Crippen LogP contribution < -0.4 is 4.72 Å². The number of hydrogen-bond donors (Lipinski definition) is 2. The first-order valence-electron chi connectivity index (χ1n) is 6.19. The van der Waals surface area contributed by atoms with Crippen molar-refractivity contribution in [1.29, 1.82) is 0 Å². The van der Waals surface area contributed by atoms with Gasteiger partial charge >= 0.3 is 0 Å². The molecule has 1 heterocycles. The van der Waals surface area contributed by atoms with E-state index in [9.17, 15) is 13.5 Å². The number of sulfonamides is 1. The van der Waals surface area contributed by atoms with Crippen LogP contribution in [-0.2, 0) is 16.6 Å². The molecule has 0 bridgehead atoms. The molecule has 0 radical (unpaired) electrons. The Bertz CT molecular complexity index is 776. The van der Waals surface area contributed by atoms with E-state index in [-0.39, 0.29) is 17.3 Å². The number of nitrogens with zero attached hydrogens (tertiary/aromatic N) is 1. The van der Waals surface area contributed by atoms with Gasteiger partial charge in [-0.25, -0.2) is 13.4 Å². The smallest absolute Gasteiger partial charge is 0.263 e. The van der Waals surface area contributed by atoms with E-state index >= 15 is 0 Å². The lowest BCUT2D eigenvalue weighted by Gasteiger charge is -2.13. The van der Waals surface area contributed by atoms with Crippen molar-refractivity contribution in [2.75, 3.05) is 4.72 Å². The predicted octanol–water partition coefficient (Wildman–Crippen LogP) is 2.75. The molecule has 2 N–H and O–H groups in total. The third-order valence-electron chi connectivity index (χ3n) is 3.13. The van der Waals surface area contributed by atoms with Crippen LogP contribution in [0.4, 0.5) is 5.82 Å². The van der Waals surface area contributed by atoms with Crippen LogP contribution in [-0.4, -0.2) is 18.5 Å². The number of nitrogens with one attached hydrogen (secondary N) is 1. The van der Waals surface area contributed by atoms with Gasteiger partial charge in [0.2, 0.25) is 0 Å². The van der Waals surface area contributed by atoms with Crippen molar-refractivity contribution < 1.29 is 13.5 Å². The fraction of sp³-hybridized carbons (Fsp3) is 0.214. The summed E-state index contributed by atoms with van der Waals surface area (Å²) >= 11 is 3.28. The van der Waals surface area contributed by atoms with Gasteiger partial charge in [-0.3, -0.25) is 4.72 Å². The fourth-order valence-electron chi connectivity index (χ4n) is 1.95. The number of aliphatic hydroxyl groups excluding tert-OH is 1. The third kappa shape index (κ3) is 3.42. The zero-order valence-electron chi connectivity index (χ0n) is 11.6. The van der Waals surface area contributed by atoms with Gasteiger partial charge in [0, 0.05) is 10.7 Å². The molecular formula is C14H15BrN2O3S. The van der Waals surface area contributed by atoms with Crippen molar-refractivity contribution in [2.45, 2.75) is 25.3 Å². The van der Waals surface area contributed by atoms with Crippen molar-refractivity contribution in [2.24, 2.45) is 0 Å². The quantitative estimate of drug-likeness (QED) is 0.866. The van der Waals surface area contributed by atoms with E-state index in [0.717, 1.165) is 4.47 Å². The van der Waals surface area contributed by atoms with Crippen LogP contribution in [0.1, 0.15) is 16.7 Å². The first-order chi connectivity index (χ1) is 9.85. The molecule has 7 heteroatoms. The first-order valence-corrected chi connectivity index (χ1v) is 8.47. The normalized spacial score (nSPS) is 11.4. The van der Waals surface area contributed by atoms with E-state index in [1.54, 1.807) is 32.0 Å². The summed E-state index contributed by atoms with van der Waals surface area (Å²) in [5, 5.41) is 9.24. The second kappa shape index (κ2) is 6.13. The van der Waals surface area contributed by atoms with Crippen molar-refractivity contribution in [3.63, 3.8) is 0 Å². The Kier molecular flexibility index (Phi) is 4.65. The number of benzene rings is 1. The number of aromatic nitrogens is 1.